The summed E-state index contributed by atoms with van der Waals surface area (Å²) in [5.74, 6) is -18.1. The Morgan fingerprint density at radius 3 is 1.59 bits per heavy atom. The molecule has 21 N–H and O–H groups in total. The monoisotopic (exact) mass is 1880 g/mol. The van der Waals surface area contributed by atoms with Crippen LogP contribution < -0.4 is 70.4 Å². The van der Waals surface area contributed by atoms with Gasteiger partial charge >= 0.3 is 0 Å². The molecule has 3 aromatic heterocycles. The van der Waals surface area contributed by atoms with Gasteiger partial charge in [-0.15, -0.1) is 11.8 Å². The number of aromatic hydroxyl groups is 1. The van der Waals surface area contributed by atoms with Crippen LogP contribution in [0.1, 0.15) is 153 Å². The number of aromatic nitrogens is 4. The lowest BCUT2D eigenvalue weighted by Gasteiger charge is -2.38. The quantitative estimate of drug-likeness (QED) is 0.0310. The third-order valence-corrected chi connectivity index (χ3v) is 25.3. The van der Waals surface area contributed by atoms with Gasteiger partial charge in [-0.2, -0.15) is 0 Å². The second kappa shape index (κ2) is 49.8. The summed E-state index contributed by atoms with van der Waals surface area (Å²) in [5, 5.41) is 49.3. The molecule has 42 nitrogen and oxygen atoms in total. The average molecular weight is 1880 g/mol. The first-order valence-corrected chi connectivity index (χ1v) is 46.4. The minimum atomic E-state index is -1.87. The van der Waals surface area contributed by atoms with Crippen LogP contribution in [-0.2, 0) is 112 Å². The lowest BCUT2D eigenvalue weighted by atomic mass is 9.97. The number of nitrogens with one attached hydrogen (secondary N) is 13. The maximum atomic E-state index is 15.7. The third-order valence-electron chi connectivity index (χ3n) is 24.2. The highest BCUT2D eigenvalue weighted by Gasteiger charge is 2.45. The normalized spacial score (nSPS) is 24.4. The molecule has 0 radical (unpaired) electrons. The van der Waals surface area contributed by atoms with Gasteiger partial charge in [-0.1, -0.05) is 102 Å². The van der Waals surface area contributed by atoms with Gasteiger partial charge in [0.1, 0.15) is 90.3 Å². The number of rotatable bonds is 25. The van der Waals surface area contributed by atoms with Crippen molar-refractivity contribution < 1.29 is 96.5 Å². The number of amides is 18. The topological polar surface area (TPSA) is 623 Å². The summed E-state index contributed by atoms with van der Waals surface area (Å²) in [5.41, 5.74) is 19.9. The van der Waals surface area contributed by atoms with Gasteiger partial charge in [0.25, 0.3) is 0 Å². The number of phenols is 1. The van der Waals surface area contributed by atoms with Gasteiger partial charge in [-0.3, -0.25) is 86.3 Å². The van der Waals surface area contributed by atoms with Crippen LogP contribution in [0.5, 0.6) is 5.75 Å². The van der Waals surface area contributed by atoms with Gasteiger partial charge in [0.05, 0.1) is 31.7 Å². The lowest BCUT2D eigenvalue weighted by Crippen LogP contribution is -2.62. The molecule has 134 heavy (non-hydrogen) atoms. The van der Waals surface area contributed by atoms with E-state index in [9.17, 15) is 58.2 Å². The molecule has 0 bridgehead atoms. The number of thioether (sulfide) groups is 1. The molecule has 3 saturated heterocycles. The number of carbonyl (C=O) groups excluding carboxylic acids is 18. The number of primary amides is 3. The van der Waals surface area contributed by atoms with Gasteiger partial charge in [0.15, 0.2) is 0 Å². The van der Waals surface area contributed by atoms with Crippen LogP contribution in [0.15, 0.2) is 97.7 Å². The fourth-order valence-corrected chi connectivity index (χ4v) is 17.6. The molecule has 43 heteroatoms. The number of carbonyl (C=O) groups is 18. The smallest absolute Gasteiger partial charge is 0.246 e. The number of aliphatic hydroxyl groups excluding tert-OH is 1. The first-order valence-electron chi connectivity index (χ1n) is 45.2. The highest BCUT2D eigenvalue weighted by atomic mass is 32.2. The number of para-hydroxylation sites is 2. The highest BCUT2D eigenvalue weighted by Crippen LogP contribution is 2.28. The van der Waals surface area contributed by atoms with E-state index in [1.807, 2.05) is 13.8 Å². The zero-order valence-electron chi connectivity index (χ0n) is 76.6. The van der Waals surface area contributed by atoms with Crippen LogP contribution in [-0.4, -0.2) is 304 Å². The number of benzene rings is 3. The van der Waals surface area contributed by atoms with E-state index in [4.69, 9.17) is 17.2 Å². The first kappa shape index (κ1) is 104. The van der Waals surface area contributed by atoms with E-state index in [-0.39, 0.29) is 94.7 Å². The predicted molar refractivity (Wildman–Crippen MR) is 492 cm³/mol. The number of hydrogen-bond donors (Lipinski definition) is 18. The Morgan fingerprint density at radius 2 is 1.01 bits per heavy atom. The van der Waals surface area contributed by atoms with Crippen molar-refractivity contribution in [1.29, 1.82) is 0 Å². The summed E-state index contributed by atoms with van der Waals surface area (Å²) in [4.78, 5) is 282. The van der Waals surface area contributed by atoms with E-state index < -0.39 is 235 Å². The van der Waals surface area contributed by atoms with E-state index in [1.54, 1.807) is 74.8 Å². The molecule has 0 unspecified atom stereocenters. The van der Waals surface area contributed by atoms with Crippen LogP contribution in [0, 0.1) is 5.92 Å². The number of fused-ring (bicyclic) bond motifs is 4. The maximum Gasteiger partial charge on any atom is 0.246 e. The van der Waals surface area contributed by atoms with Gasteiger partial charge in [-0.25, -0.2) is 4.98 Å². The Balaban J connectivity index is 1.10. The van der Waals surface area contributed by atoms with Crippen molar-refractivity contribution in [2.75, 3.05) is 58.9 Å². The minimum Gasteiger partial charge on any atom is -0.508 e. The summed E-state index contributed by atoms with van der Waals surface area (Å²) >= 11 is 0.791. The van der Waals surface area contributed by atoms with Crippen molar-refractivity contribution in [2.45, 2.75) is 241 Å². The molecule has 18 amide bonds. The van der Waals surface area contributed by atoms with Crippen molar-refractivity contribution >= 4 is 140 Å². The minimum absolute atomic E-state index is 0.0159. The molecular formula is C91H126N22O20S. The zero-order chi connectivity index (χ0) is 97.7. The molecule has 726 valence electrons. The van der Waals surface area contributed by atoms with Gasteiger partial charge in [0, 0.05) is 118 Å². The number of unbranched alkanes of at least 4 members (excludes halogenated alkanes) is 2. The summed E-state index contributed by atoms with van der Waals surface area (Å²) in [6.45, 7) is 6.48. The fraction of sp³-hybridized carbons (Fsp3) is 0.527. The number of piperidine rings is 1. The van der Waals surface area contributed by atoms with Crippen molar-refractivity contribution in [3.8, 4) is 5.75 Å². The highest BCUT2D eigenvalue weighted by molar-refractivity contribution is 8.00. The summed E-state index contributed by atoms with van der Waals surface area (Å²) in [6, 6.07) is -1.85. The molecule has 6 heterocycles. The number of nitrogens with two attached hydrogens (primary N) is 3. The number of nitrogens with zero attached hydrogens (tertiary/aromatic N) is 6. The standard InChI is InChI=1S/C91H126N22O20S/c1-9-11-24-70-84(126)102-62(36-50(3)4)80(122)108-69(79(121)98-45-76(94)118)47-134-48-77(119)100-65(37-52-28-30-56(115)31-29-52)87(129)109(6)51(5)78(120)105-67(41-75(93)117)90(132)113-35-19-27-72(113)86(128)104-64(40-55-44-95-49-99-55)82(124)101-61(32-33-74(92)116)89(131)112-34-18-17-26-71(112)85(127)103-63(38-53-42-96-59-22-15-13-20-57(53)59)81(123)107-68(46-114)83(125)106-66(39-54-43-97-60-23-16-14-21-58(54)60)88(130)111(8)73(25-12-10-2)91(133)110(70)7/h13-16,20-23,28-31,42-44,49-51,61-73,96-97,114-115H,9-12,17-19,24-27,32-41,45-48H2,1-8H3,(H2,92,116)(H2,93,117)(H2,94,118)(H,95,99)(H,98,121)(H,100,119)(H,101,124)(H,102,126)(H,103,127)(H,104,128)(H,105,120)(H,106,125)(H,107,123)(H,108,122)/t51-,61-,62-,63-,64-,65-,66-,67-,68-,69-,70-,71-,72-,73-/m0/s1. The third kappa shape index (κ3) is 28.8. The molecule has 3 aliphatic heterocycles. The van der Waals surface area contributed by atoms with Crippen molar-refractivity contribution in [3.05, 3.63) is 120 Å². The Hall–Kier alpha value is -13.5. The van der Waals surface area contributed by atoms with Crippen LogP contribution in [0.4, 0.5) is 0 Å². The van der Waals surface area contributed by atoms with Crippen LogP contribution >= 0.6 is 11.8 Å². The Bertz CT molecular complexity index is 5180. The van der Waals surface area contributed by atoms with Crippen molar-refractivity contribution in [1.82, 2.24) is 97.6 Å². The van der Waals surface area contributed by atoms with E-state index in [1.165, 1.54) is 74.7 Å². The van der Waals surface area contributed by atoms with Gasteiger partial charge in [0.2, 0.25) is 106 Å². The summed E-state index contributed by atoms with van der Waals surface area (Å²) in [6.07, 6.45) is 5.51. The fourth-order valence-electron chi connectivity index (χ4n) is 16.7. The van der Waals surface area contributed by atoms with E-state index in [0.29, 0.717) is 77.0 Å². The van der Waals surface area contributed by atoms with Crippen molar-refractivity contribution in [3.63, 3.8) is 0 Å². The molecule has 0 aliphatic carbocycles. The van der Waals surface area contributed by atoms with Crippen molar-refractivity contribution in [2.24, 2.45) is 23.1 Å². The molecule has 9 rings (SSSR count). The SMILES string of the molecule is CCCC[C@H]1C(=O)N(C)[C@@H](CCCC)C(=O)N[C@@H](CC(C)C)C(=O)N[C@H](C(=O)NCC(N)=O)CSCC(=O)N[C@@H](Cc2ccc(O)cc2)C(=O)N(C)[C@@H](C)C(=O)N[C@@H](CC(N)=O)C(=O)N2CCC[C@H]2C(=O)N[C@@H](Cc2cnc[nH]2)C(=O)N[C@@H](CCC(N)=O)C(=O)N2CCCC[C@H]2C(=O)N[C@@H](Cc2c[nH]c3ccccc23)C(=O)N[C@@H](CO)C(=O)N[C@@H](Cc2c[nH]c3ccccc23)C(=O)N1C. The first-order chi connectivity index (χ1) is 63.9. The zero-order valence-corrected chi connectivity index (χ0v) is 77.5. The van der Waals surface area contributed by atoms with Gasteiger partial charge in [-0.05, 0) is 112 Å². The molecule has 6 aromatic rings. The Kier molecular flexibility index (Phi) is 38.8. The predicted octanol–water partition coefficient (Wildman–Crippen LogP) is -1.51. The molecule has 14 atom stereocenters. The second-order valence-electron chi connectivity index (χ2n) is 34.6. The van der Waals surface area contributed by atoms with Crippen LogP contribution in [0.2, 0.25) is 0 Å². The molecule has 3 fully saturated rings. The van der Waals surface area contributed by atoms with E-state index in [2.05, 4.69) is 73.1 Å². The van der Waals surface area contributed by atoms with Crippen LogP contribution in [0.3, 0.4) is 0 Å². The Labute approximate surface area is 779 Å². The molecule has 0 spiro atoms. The maximum absolute atomic E-state index is 15.7. The average Bonchev–Trinajstić information content (AvgIpc) is 1.46. The van der Waals surface area contributed by atoms with E-state index >= 15 is 38.4 Å². The number of hydrogen-bond acceptors (Lipinski definition) is 22. The summed E-state index contributed by atoms with van der Waals surface area (Å²) < 4.78 is 0. The number of aliphatic hydroxyl groups is 1. The number of likely N-dealkylation sites (N-methyl/N-ethyl adjacent to an activating group) is 3. The van der Waals surface area contributed by atoms with E-state index in [0.717, 1.165) is 26.5 Å². The second-order valence-corrected chi connectivity index (χ2v) is 35.7. The number of phenolic OH excluding ortho intramolecular Hbond substituents is 1. The number of aromatic amines is 3. The largest absolute Gasteiger partial charge is 0.508 e. The summed E-state index contributed by atoms with van der Waals surface area (Å²) in [7, 11) is 3.96. The van der Waals surface area contributed by atoms with Crippen LogP contribution in [0.25, 0.3) is 21.8 Å². The van der Waals surface area contributed by atoms with Gasteiger partial charge < -0.3 is 120 Å². The molecule has 0 saturated carbocycles. The molecule has 3 aliphatic rings. The molecular weight excluding hydrogens is 1750 g/mol. The Morgan fingerprint density at radius 1 is 0.507 bits per heavy atom. The molecule has 3 aromatic carbocycles. The lowest BCUT2D eigenvalue weighted by molar-refractivity contribution is -0.149. The number of H-pyrrole nitrogens is 3. The number of imidazole rings is 1.